The van der Waals surface area contributed by atoms with Gasteiger partial charge in [0.05, 0.1) is 19.4 Å². The van der Waals surface area contributed by atoms with Crippen molar-refractivity contribution in [2.45, 2.75) is 11.8 Å². The van der Waals surface area contributed by atoms with Crippen molar-refractivity contribution in [2.75, 3.05) is 26.3 Å². The van der Waals surface area contributed by atoms with Gasteiger partial charge < -0.3 is 19.6 Å². The molecule has 1 aliphatic heterocycles. The topological polar surface area (TPSA) is 125 Å². The number of nitrogens with zero attached hydrogens (tertiary/aromatic N) is 4. The largest absolute Gasteiger partial charge is 0.430 e. The summed E-state index contributed by atoms with van der Waals surface area (Å²) in [7, 11) is -3.66. The third-order valence-corrected chi connectivity index (χ3v) is 5.57. The highest BCUT2D eigenvalue weighted by atomic mass is 32.2. The summed E-state index contributed by atoms with van der Waals surface area (Å²) in [6.45, 7) is 2.87. The van der Waals surface area contributed by atoms with Gasteiger partial charge in [-0.3, -0.25) is 0 Å². The van der Waals surface area contributed by atoms with Gasteiger partial charge in [0.1, 0.15) is 10.6 Å². The van der Waals surface area contributed by atoms with E-state index in [0.717, 1.165) is 6.20 Å². The van der Waals surface area contributed by atoms with E-state index in [1.54, 1.807) is 13.0 Å². The molecule has 0 bridgehead atoms. The lowest BCUT2D eigenvalue weighted by molar-refractivity contribution is -0.390. The Balaban J connectivity index is 1.81. The average molecular weight is 380 g/mol. The van der Waals surface area contributed by atoms with Crippen LogP contribution in [0.5, 0.6) is 11.6 Å². The normalized spacial score (nSPS) is 15.6. The maximum Gasteiger partial charge on any atom is 0.407 e. The number of morpholine rings is 1. The first-order valence-corrected chi connectivity index (χ1v) is 9.16. The van der Waals surface area contributed by atoms with Crippen molar-refractivity contribution in [1.82, 2.24) is 14.3 Å². The smallest absolute Gasteiger partial charge is 0.407 e. The van der Waals surface area contributed by atoms with Gasteiger partial charge in [-0.15, -0.1) is 0 Å². The predicted octanol–water partition coefficient (Wildman–Crippen LogP) is 1.51. The summed E-state index contributed by atoms with van der Waals surface area (Å²) in [5.41, 5.74) is 0.476. The molecule has 0 N–H and O–H groups in total. The Morgan fingerprint density at radius 1 is 1.23 bits per heavy atom. The summed E-state index contributed by atoms with van der Waals surface area (Å²) in [5.74, 6) is -0.478. The number of hydrogen-bond donors (Lipinski definition) is 0. The van der Waals surface area contributed by atoms with Crippen LogP contribution in [0.4, 0.5) is 5.82 Å². The van der Waals surface area contributed by atoms with Crippen molar-refractivity contribution < 1.29 is 22.8 Å². The second-order valence-electron chi connectivity index (χ2n) is 5.48. The Hall–Kier alpha value is -2.63. The van der Waals surface area contributed by atoms with E-state index in [1.165, 1.54) is 22.5 Å². The number of sulfonamides is 1. The Labute approximate surface area is 149 Å². The molecule has 3 heterocycles. The van der Waals surface area contributed by atoms with E-state index in [2.05, 4.69) is 9.97 Å². The maximum absolute atomic E-state index is 12.5. The van der Waals surface area contributed by atoms with Crippen molar-refractivity contribution in [3.05, 3.63) is 46.3 Å². The molecule has 2 aromatic rings. The summed E-state index contributed by atoms with van der Waals surface area (Å²) in [6.07, 6.45) is 1.16. The highest BCUT2D eigenvalue weighted by Gasteiger charge is 2.27. The summed E-state index contributed by atoms with van der Waals surface area (Å²) in [5, 5.41) is 11.1. The molecule has 0 saturated carbocycles. The Kier molecular flexibility index (Phi) is 5.11. The molecule has 0 unspecified atom stereocenters. The minimum atomic E-state index is -3.66. The molecule has 0 aromatic carbocycles. The van der Waals surface area contributed by atoms with Gasteiger partial charge in [0.25, 0.3) is 0 Å². The molecule has 26 heavy (non-hydrogen) atoms. The molecule has 0 atom stereocenters. The van der Waals surface area contributed by atoms with Crippen LogP contribution in [0.15, 0.2) is 35.4 Å². The quantitative estimate of drug-likeness (QED) is 0.564. The number of rotatable bonds is 5. The van der Waals surface area contributed by atoms with Gasteiger partial charge >= 0.3 is 5.82 Å². The van der Waals surface area contributed by atoms with E-state index in [4.69, 9.17) is 9.47 Å². The van der Waals surface area contributed by atoms with Gasteiger partial charge in [-0.25, -0.2) is 13.4 Å². The highest BCUT2D eigenvalue weighted by Crippen LogP contribution is 2.29. The second-order valence-corrected chi connectivity index (χ2v) is 7.42. The molecule has 1 saturated heterocycles. The fraction of sp³-hybridized carbons (Fsp3) is 0.333. The van der Waals surface area contributed by atoms with Gasteiger partial charge in [-0.1, -0.05) is 0 Å². The molecule has 11 heteroatoms. The molecule has 138 valence electrons. The molecule has 1 aliphatic rings. The van der Waals surface area contributed by atoms with Crippen LogP contribution in [0.1, 0.15) is 5.69 Å². The van der Waals surface area contributed by atoms with Crippen LogP contribution in [0.2, 0.25) is 0 Å². The molecule has 0 aliphatic carbocycles. The number of pyridine rings is 2. The van der Waals surface area contributed by atoms with Crippen LogP contribution in [0, 0.1) is 17.0 Å². The SMILES string of the molecule is Cc1ccc(Oc2ccc(S(=O)(=O)N3CCOCC3)cn2)c([N+](=O)[O-])n1. The molecular formula is C15H16N4O6S. The monoisotopic (exact) mass is 380 g/mol. The van der Waals surface area contributed by atoms with Crippen LogP contribution in [-0.2, 0) is 14.8 Å². The lowest BCUT2D eigenvalue weighted by Crippen LogP contribution is -2.40. The Morgan fingerprint density at radius 3 is 2.58 bits per heavy atom. The molecule has 0 amide bonds. The molecule has 2 aromatic heterocycles. The van der Waals surface area contributed by atoms with Gasteiger partial charge in [0.15, 0.2) is 0 Å². The highest BCUT2D eigenvalue weighted by molar-refractivity contribution is 7.89. The van der Waals surface area contributed by atoms with Crippen molar-refractivity contribution >= 4 is 15.8 Å². The van der Waals surface area contributed by atoms with Crippen LogP contribution < -0.4 is 4.74 Å². The van der Waals surface area contributed by atoms with E-state index in [0.29, 0.717) is 18.9 Å². The van der Waals surface area contributed by atoms with E-state index in [9.17, 15) is 18.5 Å². The third-order valence-electron chi connectivity index (χ3n) is 3.68. The number of aromatic nitrogens is 2. The van der Waals surface area contributed by atoms with E-state index in [1.807, 2.05) is 0 Å². The molecule has 0 radical (unpaired) electrons. The second kappa shape index (κ2) is 7.32. The molecule has 3 rings (SSSR count). The van der Waals surface area contributed by atoms with Crippen molar-refractivity contribution in [3.63, 3.8) is 0 Å². The first-order valence-electron chi connectivity index (χ1n) is 7.72. The van der Waals surface area contributed by atoms with Gasteiger partial charge in [0.2, 0.25) is 21.7 Å². The van der Waals surface area contributed by atoms with Crippen molar-refractivity contribution in [1.29, 1.82) is 0 Å². The van der Waals surface area contributed by atoms with Gasteiger partial charge in [0, 0.05) is 26.1 Å². The van der Waals surface area contributed by atoms with Crippen molar-refractivity contribution in [3.8, 4) is 11.6 Å². The minimum absolute atomic E-state index is 0.0169. The van der Waals surface area contributed by atoms with E-state index >= 15 is 0 Å². The Morgan fingerprint density at radius 2 is 1.96 bits per heavy atom. The fourth-order valence-electron chi connectivity index (χ4n) is 2.37. The summed E-state index contributed by atoms with van der Waals surface area (Å²) in [4.78, 5) is 18.2. The first-order chi connectivity index (χ1) is 12.4. The number of aryl methyl sites for hydroxylation is 1. The van der Waals surface area contributed by atoms with E-state index < -0.39 is 20.8 Å². The predicted molar refractivity (Wildman–Crippen MR) is 89.5 cm³/mol. The Bertz CT molecular complexity index is 910. The van der Waals surface area contributed by atoms with E-state index in [-0.39, 0.29) is 29.6 Å². The average Bonchev–Trinajstić information content (AvgIpc) is 2.64. The fourth-order valence-corrected chi connectivity index (χ4v) is 3.72. The standard InChI is InChI=1S/C15H16N4O6S/c1-11-2-4-13(15(17-11)19(20)21)25-14-5-3-12(10-16-14)26(22,23)18-6-8-24-9-7-18/h2-5,10H,6-9H2,1H3. The lowest BCUT2D eigenvalue weighted by atomic mass is 10.3. The van der Waals surface area contributed by atoms with Gasteiger partial charge in [-0.05, 0) is 28.1 Å². The molecule has 0 spiro atoms. The van der Waals surface area contributed by atoms with Gasteiger partial charge in [-0.2, -0.15) is 4.31 Å². The number of hydrogen-bond acceptors (Lipinski definition) is 8. The molecule has 10 nitrogen and oxygen atoms in total. The molecular weight excluding hydrogens is 364 g/mol. The van der Waals surface area contributed by atoms with Crippen LogP contribution in [0.3, 0.4) is 0 Å². The number of nitro groups is 1. The summed E-state index contributed by atoms with van der Waals surface area (Å²) < 4.78 is 36.9. The molecule has 1 fully saturated rings. The summed E-state index contributed by atoms with van der Waals surface area (Å²) in [6, 6.07) is 5.68. The minimum Gasteiger partial charge on any atom is -0.430 e. The maximum atomic E-state index is 12.5. The zero-order valence-corrected chi connectivity index (χ0v) is 14.7. The zero-order chi connectivity index (χ0) is 18.7. The third kappa shape index (κ3) is 3.79. The van der Waals surface area contributed by atoms with Crippen LogP contribution in [0.25, 0.3) is 0 Å². The lowest BCUT2D eigenvalue weighted by Gasteiger charge is -2.25. The zero-order valence-electron chi connectivity index (χ0n) is 13.9. The van der Waals surface area contributed by atoms with Crippen LogP contribution >= 0.6 is 0 Å². The van der Waals surface area contributed by atoms with Crippen molar-refractivity contribution in [2.24, 2.45) is 0 Å². The first kappa shape index (κ1) is 18.2. The summed E-state index contributed by atoms with van der Waals surface area (Å²) >= 11 is 0. The number of ether oxygens (including phenoxy) is 2. The van der Waals surface area contributed by atoms with Crippen LogP contribution in [-0.4, -0.2) is 53.9 Å².